The molecule has 3 heteroatoms. The molecule has 0 aliphatic rings. The molecule has 0 saturated carbocycles. The molecule has 1 amide bonds. The SMILES string of the molecule is CCCCCCCCCN(CCCCCCCCC)C(=O)Cc1cccs1. The maximum absolute atomic E-state index is 12.8. The lowest BCUT2D eigenvalue weighted by Gasteiger charge is -2.23. The van der Waals surface area contributed by atoms with Crippen molar-refractivity contribution in [2.75, 3.05) is 13.1 Å². The minimum atomic E-state index is 0.328. The van der Waals surface area contributed by atoms with E-state index in [1.807, 2.05) is 6.07 Å². The molecular weight excluding hydrogens is 350 g/mol. The van der Waals surface area contributed by atoms with E-state index in [1.165, 1.54) is 94.8 Å². The molecule has 2 nitrogen and oxygen atoms in total. The second kappa shape index (κ2) is 17.3. The number of hydrogen-bond donors (Lipinski definition) is 0. The lowest BCUT2D eigenvalue weighted by molar-refractivity contribution is -0.130. The zero-order valence-corrected chi connectivity index (χ0v) is 18.8. The topological polar surface area (TPSA) is 20.3 Å². The van der Waals surface area contributed by atoms with E-state index in [0.29, 0.717) is 12.3 Å². The van der Waals surface area contributed by atoms with E-state index in [1.54, 1.807) is 11.3 Å². The Morgan fingerprint density at radius 3 is 1.70 bits per heavy atom. The standard InChI is InChI=1S/C24H43NOS/c1-3-5-7-9-11-13-15-19-25(20-16-14-12-10-8-6-4-2)24(26)22-23-18-17-21-27-23/h17-18,21H,3-16,19-20,22H2,1-2H3. The van der Waals surface area contributed by atoms with Gasteiger partial charge in [0.15, 0.2) is 0 Å². The van der Waals surface area contributed by atoms with Crippen molar-refractivity contribution in [3.05, 3.63) is 22.4 Å². The van der Waals surface area contributed by atoms with Crippen molar-refractivity contribution in [1.82, 2.24) is 4.90 Å². The number of rotatable bonds is 18. The Kier molecular flexibility index (Phi) is 15.5. The number of thiophene rings is 1. The number of carbonyl (C=O) groups is 1. The van der Waals surface area contributed by atoms with Gasteiger partial charge in [-0.2, -0.15) is 0 Å². The molecule has 0 N–H and O–H groups in total. The number of nitrogens with zero attached hydrogens (tertiary/aromatic N) is 1. The van der Waals surface area contributed by atoms with Crippen LogP contribution >= 0.6 is 11.3 Å². The first-order chi connectivity index (χ1) is 13.3. The first-order valence-electron chi connectivity index (χ1n) is 11.6. The van der Waals surface area contributed by atoms with E-state index in [9.17, 15) is 4.79 Å². The van der Waals surface area contributed by atoms with Crippen LogP contribution in [0.2, 0.25) is 0 Å². The fourth-order valence-corrected chi connectivity index (χ4v) is 4.25. The minimum absolute atomic E-state index is 0.328. The molecule has 156 valence electrons. The summed E-state index contributed by atoms with van der Waals surface area (Å²) in [5.41, 5.74) is 0. The van der Waals surface area contributed by atoms with Gasteiger partial charge < -0.3 is 4.90 Å². The molecule has 0 atom stereocenters. The summed E-state index contributed by atoms with van der Waals surface area (Å²) in [6.07, 6.45) is 18.9. The summed E-state index contributed by atoms with van der Waals surface area (Å²) in [6.45, 7) is 6.43. The molecule has 0 bridgehead atoms. The van der Waals surface area contributed by atoms with Gasteiger partial charge in [-0.05, 0) is 24.3 Å². The van der Waals surface area contributed by atoms with Crippen LogP contribution in [0.3, 0.4) is 0 Å². The van der Waals surface area contributed by atoms with Crippen molar-refractivity contribution in [3.8, 4) is 0 Å². The third-order valence-electron chi connectivity index (χ3n) is 5.32. The van der Waals surface area contributed by atoms with Crippen molar-refractivity contribution in [2.24, 2.45) is 0 Å². The van der Waals surface area contributed by atoms with Crippen LogP contribution in [-0.4, -0.2) is 23.9 Å². The van der Waals surface area contributed by atoms with Crippen LogP contribution in [0.15, 0.2) is 17.5 Å². The molecule has 1 rings (SSSR count). The minimum Gasteiger partial charge on any atom is -0.342 e. The van der Waals surface area contributed by atoms with Gasteiger partial charge in [-0.3, -0.25) is 4.79 Å². The highest BCUT2D eigenvalue weighted by atomic mass is 32.1. The van der Waals surface area contributed by atoms with Crippen LogP contribution in [-0.2, 0) is 11.2 Å². The largest absolute Gasteiger partial charge is 0.342 e. The predicted octanol–water partition coefficient (Wildman–Crippen LogP) is 7.62. The maximum atomic E-state index is 12.8. The highest BCUT2D eigenvalue weighted by Crippen LogP contribution is 2.14. The van der Waals surface area contributed by atoms with E-state index in [-0.39, 0.29) is 0 Å². The second-order valence-corrected chi connectivity index (χ2v) is 8.91. The second-order valence-electron chi connectivity index (χ2n) is 7.88. The van der Waals surface area contributed by atoms with E-state index < -0.39 is 0 Å². The van der Waals surface area contributed by atoms with Gasteiger partial charge in [0.25, 0.3) is 0 Å². The molecule has 0 aromatic carbocycles. The molecule has 0 radical (unpaired) electrons. The number of unbranched alkanes of at least 4 members (excludes halogenated alkanes) is 12. The summed E-state index contributed by atoms with van der Waals surface area (Å²) in [7, 11) is 0. The molecule has 1 aromatic heterocycles. The third kappa shape index (κ3) is 13.1. The molecule has 1 heterocycles. The Hall–Kier alpha value is -0.830. The third-order valence-corrected chi connectivity index (χ3v) is 6.20. The van der Waals surface area contributed by atoms with Gasteiger partial charge in [0.2, 0.25) is 5.91 Å². The highest BCUT2D eigenvalue weighted by Gasteiger charge is 2.14. The van der Waals surface area contributed by atoms with Gasteiger partial charge in [0.1, 0.15) is 0 Å². The molecule has 0 fully saturated rings. The zero-order chi connectivity index (χ0) is 19.6. The lowest BCUT2D eigenvalue weighted by atomic mass is 10.1. The summed E-state index contributed by atoms with van der Waals surface area (Å²) < 4.78 is 0. The fourth-order valence-electron chi connectivity index (χ4n) is 3.55. The van der Waals surface area contributed by atoms with Gasteiger partial charge in [-0.25, -0.2) is 0 Å². The van der Waals surface area contributed by atoms with E-state index in [0.717, 1.165) is 13.1 Å². The Balaban J connectivity index is 2.27. The van der Waals surface area contributed by atoms with Crippen molar-refractivity contribution in [1.29, 1.82) is 0 Å². The van der Waals surface area contributed by atoms with Crippen LogP contribution in [0, 0.1) is 0 Å². The van der Waals surface area contributed by atoms with Crippen LogP contribution in [0.4, 0.5) is 0 Å². The average molecular weight is 394 g/mol. The van der Waals surface area contributed by atoms with Crippen molar-refractivity contribution >= 4 is 17.2 Å². The Labute approximate surface area is 172 Å². The molecule has 0 aliphatic heterocycles. The summed E-state index contributed by atoms with van der Waals surface area (Å²) in [4.78, 5) is 16.1. The summed E-state index contributed by atoms with van der Waals surface area (Å²) in [6, 6.07) is 4.13. The lowest BCUT2D eigenvalue weighted by Crippen LogP contribution is -2.34. The van der Waals surface area contributed by atoms with Gasteiger partial charge >= 0.3 is 0 Å². The first kappa shape index (κ1) is 24.2. The normalized spacial score (nSPS) is 11.0. The molecule has 0 unspecified atom stereocenters. The van der Waals surface area contributed by atoms with Crippen molar-refractivity contribution in [3.63, 3.8) is 0 Å². The van der Waals surface area contributed by atoms with Gasteiger partial charge in [0.05, 0.1) is 6.42 Å². The average Bonchev–Trinajstić information content (AvgIpc) is 3.17. The highest BCUT2D eigenvalue weighted by molar-refractivity contribution is 7.10. The van der Waals surface area contributed by atoms with Gasteiger partial charge in [0, 0.05) is 18.0 Å². The van der Waals surface area contributed by atoms with E-state index >= 15 is 0 Å². The Bertz CT molecular complexity index is 425. The number of carbonyl (C=O) groups excluding carboxylic acids is 1. The predicted molar refractivity (Wildman–Crippen MR) is 121 cm³/mol. The molecular formula is C24H43NOS. The number of amides is 1. The van der Waals surface area contributed by atoms with Crippen LogP contribution in [0.25, 0.3) is 0 Å². The van der Waals surface area contributed by atoms with Crippen LogP contribution in [0.5, 0.6) is 0 Å². The Morgan fingerprint density at radius 2 is 1.26 bits per heavy atom. The van der Waals surface area contributed by atoms with Crippen LogP contribution in [0.1, 0.15) is 109 Å². The van der Waals surface area contributed by atoms with Gasteiger partial charge in [-0.15, -0.1) is 11.3 Å². The van der Waals surface area contributed by atoms with Crippen molar-refractivity contribution in [2.45, 2.75) is 110 Å². The Morgan fingerprint density at radius 1 is 0.778 bits per heavy atom. The van der Waals surface area contributed by atoms with Crippen LogP contribution < -0.4 is 0 Å². The van der Waals surface area contributed by atoms with E-state index in [4.69, 9.17) is 0 Å². The first-order valence-corrected chi connectivity index (χ1v) is 12.5. The summed E-state index contributed by atoms with van der Waals surface area (Å²) in [5.74, 6) is 0.328. The molecule has 27 heavy (non-hydrogen) atoms. The number of hydrogen-bond acceptors (Lipinski definition) is 2. The maximum Gasteiger partial charge on any atom is 0.227 e. The molecule has 1 aromatic rings. The van der Waals surface area contributed by atoms with Gasteiger partial charge in [-0.1, -0.05) is 97.0 Å². The zero-order valence-electron chi connectivity index (χ0n) is 18.0. The molecule has 0 saturated heterocycles. The van der Waals surface area contributed by atoms with Crippen molar-refractivity contribution < 1.29 is 4.79 Å². The molecule has 0 aliphatic carbocycles. The molecule has 0 spiro atoms. The fraction of sp³-hybridized carbons (Fsp3) is 0.792. The summed E-state index contributed by atoms with van der Waals surface area (Å²) in [5, 5.41) is 2.07. The van der Waals surface area contributed by atoms with E-state index in [2.05, 4.69) is 30.2 Å². The quantitative estimate of drug-likeness (QED) is 0.235. The smallest absolute Gasteiger partial charge is 0.227 e. The monoisotopic (exact) mass is 393 g/mol. The summed E-state index contributed by atoms with van der Waals surface area (Å²) >= 11 is 1.70.